The van der Waals surface area contributed by atoms with E-state index in [1.807, 2.05) is 6.92 Å². The van der Waals surface area contributed by atoms with E-state index in [-0.39, 0.29) is 29.4 Å². The predicted octanol–water partition coefficient (Wildman–Crippen LogP) is 2.18. The highest BCUT2D eigenvalue weighted by Crippen LogP contribution is 2.21. The zero-order chi connectivity index (χ0) is 16.3. The van der Waals surface area contributed by atoms with Crippen molar-refractivity contribution in [3.63, 3.8) is 0 Å². The van der Waals surface area contributed by atoms with Crippen LogP contribution < -0.4 is 5.32 Å². The van der Waals surface area contributed by atoms with Crippen LogP contribution in [0.3, 0.4) is 0 Å². The minimum Gasteiger partial charge on any atom is -0.353 e. The van der Waals surface area contributed by atoms with Crippen molar-refractivity contribution >= 4 is 15.7 Å². The van der Waals surface area contributed by atoms with Crippen LogP contribution in [-0.2, 0) is 21.1 Å². The topological polar surface area (TPSA) is 63.2 Å². The second-order valence-electron chi connectivity index (χ2n) is 6.58. The number of carbonyl (C=O) groups excluding carboxylic acids is 1. The van der Waals surface area contributed by atoms with Gasteiger partial charge in [0.15, 0.2) is 9.84 Å². The third-order valence-corrected chi connectivity index (χ3v) is 6.07. The monoisotopic (exact) mass is 323 g/mol. The van der Waals surface area contributed by atoms with E-state index in [1.165, 1.54) is 16.7 Å². The van der Waals surface area contributed by atoms with E-state index in [0.29, 0.717) is 12.8 Å². The van der Waals surface area contributed by atoms with Crippen molar-refractivity contribution in [2.24, 2.45) is 5.92 Å². The Morgan fingerprint density at radius 3 is 2.68 bits per heavy atom. The lowest BCUT2D eigenvalue weighted by atomic mass is 9.99. The molecular weight excluding hydrogens is 298 g/mol. The minimum atomic E-state index is -2.91. The van der Waals surface area contributed by atoms with Crippen LogP contribution >= 0.6 is 0 Å². The molecule has 0 aromatic heterocycles. The SMILES string of the molecule is Cc1ccc(C[C@H](C)NC(=O)C[C@@H]2CCS(=O)(=O)C2)c(C)c1. The number of sulfone groups is 1. The van der Waals surface area contributed by atoms with E-state index in [0.717, 1.165) is 6.42 Å². The molecule has 1 aliphatic heterocycles. The van der Waals surface area contributed by atoms with Crippen LogP contribution in [0.1, 0.15) is 36.5 Å². The average molecular weight is 323 g/mol. The van der Waals surface area contributed by atoms with Gasteiger partial charge in [-0.25, -0.2) is 8.42 Å². The third-order valence-electron chi connectivity index (χ3n) is 4.23. The van der Waals surface area contributed by atoms with Crippen molar-refractivity contribution in [2.45, 2.75) is 46.1 Å². The molecule has 0 unspecified atom stereocenters. The standard InChI is InChI=1S/C17H25NO3S/c1-12-4-5-16(13(2)8-12)9-14(3)18-17(19)10-15-6-7-22(20,21)11-15/h4-5,8,14-15H,6-7,9-11H2,1-3H3,(H,18,19)/t14-,15-/m0/s1. The molecule has 1 amide bonds. The van der Waals surface area contributed by atoms with E-state index in [4.69, 9.17) is 0 Å². The molecule has 22 heavy (non-hydrogen) atoms. The number of carbonyl (C=O) groups is 1. The molecule has 2 rings (SSSR count). The summed E-state index contributed by atoms with van der Waals surface area (Å²) in [7, 11) is -2.91. The fourth-order valence-corrected chi connectivity index (χ4v) is 4.95. The summed E-state index contributed by atoms with van der Waals surface area (Å²) in [4.78, 5) is 12.0. The van der Waals surface area contributed by atoms with E-state index >= 15 is 0 Å². The Balaban J connectivity index is 1.84. The number of nitrogens with one attached hydrogen (secondary N) is 1. The first-order chi connectivity index (χ1) is 10.2. The van der Waals surface area contributed by atoms with Crippen molar-refractivity contribution in [1.82, 2.24) is 5.32 Å². The zero-order valence-corrected chi connectivity index (χ0v) is 14.4. The maximum absolute atomic E-state index is 12.0. The molecule has 0 saturated carbocycles. The van der Waals surface area contributed by atoms with E-state index in [2.05, 4.69) is 37.4 Å². The first-order valence-electron chi connectivity index (χ1n) is 7.81. The van der Waals surface area contributed by atoms with Gasteiger partial charge in [0.05, 0.1) is 11.5 Å². The van der Waals surface area contributed by atoms with E-state index < -0.39 is 9.84 Å². The minimum absolute atomic E-state index is 0.0155. The highest BCUT2D eigenvalue weighted by atomic mass is 32.2. The van der Waals surface area contributed by atoms with Crippen molar-refractivity contribution in [3.05, 3.63) is 34.9 Å². The Kier molecular flexibility index (Phi) is 5.27. The number of hydrogen-bond acceptors (Lipinski definition) is 3. The van der Waals surface area contributed by atoms with Crippen LogP contribution in [0.15, 0.2) is 18.2 Å². The van der Waals surface area contributed by atoms with Gasteiger partial charge in [0.2, 0.25) is 5.91 Å². The lowest BCUT2D eigenvalue weighted by Gasteiger charge is -2.17. The Bertz CT molecular complexity index is 652. The second-order valence-corrected chi connectivity index (χ2v) is 8.80. The van der Waals surface area contributed by atoms with Crippen molar-refractivity contribution < 1.29 is 13.2 Å². The van der Waals surface area contributed by atoms with Crippen LogP contribution in [-0.4, -0.2) is 31.9 Å². The largest absolute Gasteiger partial charge is 0.353 e. The van der Waals surface area contributed by atoms with Gasteiger partial charge in [0.25, 0.3) is 0 Å². The van der Waals surface area contributed by atoms with E-state index in [9.17, 15) is 13.2 Å². The Labute approximate surface area is 133 Å². The molecule has 1 heterocycles. The normalized spacial score (nSPS) is 21.5. The maximum Gasteiger partial charge on any atom is 0.220 e. The molecule has 1 aliphatic rings. The predicted molar refractivity (Wildman–Crippen MR) is 88.6 cm³/mol. The molecule has 2 atom stereocenters. The summed E-state index contributed by atoms with van der Waals surface area (Å²) < 4.78 is 22.8. The molecule has 1 fully saturated rings. The number of aryl methyl sites for hydroxylation is 2. The lowest BCUT2D eigenvalue weighted by Crippen LogP contribution is -2.35. The van der Waals surface area contributed by atoms with Gasteiger partial charge in [-0.05, 0) is 50.7 Å². The van der Waals surface area contributed by atoms with Gasteiger partial charge in [-0.15, -0.1) is 0 Å². The molecule has 0 spiro atoms. The van der Waals surface area contributed by atoms with Gasteiger partial charge < -0.3 is 5.32 Å². The van der Waals surface area contributed by atoms with Gasteiger partial charge in [-0.1, -0.05) is 23.8 Å². The van der Waals surface area contributed by atoms with Crippen LogP contribution in [0.2, 0.25) is 0 Å². The van der Waals surface area contributed by atoms with Crippen LogP contribution in [0.4, 0.5) is 0 Å². The maximum atomic E-state index is 12.0. The molecule has 4 nitrogen and oxygen atoms in total. The molecule has 122 valence electrons. The molecule has 0 bridgehead atoms. The van der Waals surface area contributed by atoms with Gasteiger partial charge in [-0.2, -0.15) is 0 Å². The molecule has 1 N–H and O–H groups in total. The van der Waals surface area contributed by atoms with Crippen molar-refractivity contribution in [1.29, 1.82) is 0 Å². The zero-order valence-electron chi connectivity index (χ0n) is 13.6. The van der Waals surface area contributed by atoms with Gasteiger partial charge >= 0.3 is 0 Å². The van der Waals surface area contributed by atoms with Crippen LogP contribution in [0.5, 0.6) is 0 Å². The number of rotatable bonds is 5. The fourth-order valence-electron chi connectivity index (χ4n) is 3.08. The highest BCUT2D eigenvalue weighted by Gasteiger charge is 2.29. The Morgan fingerprint density at radius 2 is 2.09 bits per heavy atom. The van der Waals surface area contributed by atoms with Crippen LogP contribution in [0.25, 0.3) is 0 Å². The first kappa shape index (κ1) is 17.0. The summed E-state index contributed by atoms with van der Waals surface area (Å²) in [5, 5.41) is 2.99. The summed E-state index contributed by atoms with van der Waals surface area (Å²) in [5.74, 6) is 0.326. The number of benzene rings is 1. The summed E-state index contributed by atoms with van der Waals surface area (Å²) in [5.41, 5.74) is 3.71. The first-order valence-corrected chi connectivity index (χ1v) is 9.63. The molecule has 5 heteroatoms. The van der Waals surface area contributed by atoms with Gasteiger partial charge in [-0.3, -0.25) is 4.79 Å². The van der Waals surface area contributed by atoms with Crippen LogP contribution in [0, 0.1) is 19.8 Å². The van der Waals surface area contributed by atoms with Crippen molar-refractivity contribution in [3.8, 4) is 0 Å². The van der Waals surface area contributed by atoms with Crippen molar-refractivity contribution in [2.75, 3.05) is 11.5 Å². The molecule has 1 aromatic rings. The Morgan fingerprint density at radius 1 is 1.36 bits per heavy atom. The van der Waals surface area contributed by atoms with Gasteiger partial charge in [0.1, 0.15) is 0 Å². The molecule has 0 radical (unpaired) electrons. The van der Waals surface area contributed by atoms with E-state index in [1.54, 1.807) is 0 Å². The Hall–Kier alpha value is -1.36. The molecule has 0 aliphatic carbocycles. The summed E-state index contributed by atoms with van der Waals surface area (Å²) in [6.45, 7) is 6.14. The van der Waals surface area contributed by atoms with Gasteiger partial charge in [0, 0.05) is 12.5 Å². The second kappa shape index (κ2) is 6.82. The number of amides is 1. The molecular formula is C17H25NO3S. The summed E-state index contributed by atoms with van der Waals surface area (Å²) in [6.07, 6.45) is 1.72. The average Bonchev–Trinajstić information content (AvgIpc) is 2.71. The molecule has 1 saturated heterocycles. The summed E-state index contributed by atoms with van der Waals surface area (Å²) >= 11 is 0. The highest BCUT2D eigenvalue weighted by molar-refractivity contribution is 7.91. The fraction of sp³-hybridized carbons (Fsp3) is 0.588. The smallest absolute Gasteiger partial charge is 0.220 e. The molecule has 1 aromatic carbocycles. The number of hydrogen-bond donors (Lipinski definition) is 1. The third kappa shape index (κ3) is 4.83. The lowest BCUT2D eigenvalue weighted by molar-refractivity contribution is -0.122. The summed E-state index contributed by atoms with van der Waals surface area (Å²) in [6, 6.07) is 6.39. The quantitative estimate of drug-likeness (QED) is 0.903.